The molecule has 4 saturated heterocycles. The van der Waals surface area contributed by atoms with Crippen molar-refractivity contribution in [1.29, 1.82) is 0 Å². The highest BCUT2D eigenvalue weighted by Gasteiger charge is 2.60. The van der Waals surface area contributed by atoms with E-state index in [9.17, 15) is 19.8 Å². The number of rotatable bonds is 9. The van der Waals surface area contributed by atoms with Crippen LogP contribution in [-0.2, 0) is 61.7 Å². The minimum absolute atomic E-state index is 0.0225. The molecule has 19 unspecified atom stereocenters. The summed E-state index contributed by atoms with van der Waals surface area (Å²) in [4.78, 5) is 26.5. The topological polar surface area (TPSA) is 176 Å². The largest absolute Gasteiger partial charge is 0.466 e. The molecule has 0 aromatic heterocycles. The van der Waals surface area contributed by atoms with E-state index in [1.165, 1.54) is 13.2 Å². The summed E-state index contributed by atoms with van der Waals surface area (Å²) < 4.78 is 69.2. The molecule has 0 aromatic carbocycles. The van der Waals surface area contributed by atoms with Crippen molar-refractivity contribution < 1.29 is 71.9 Å². The van der Waals surface area contributed by atoms with Crippen LogP contribution < -0.4 is 0 Å². The third-order valence-corrected chi connectivity index (χ3v) is 14.9. The lowest BCUT2D eigenvalue weighted by Crippen LogP contribution is -2.58. The van der Waals surface area contributed by atoms with Crippen LogP contribution in [0.4, 0.5) is 0 Å². The van der Waals surface area contributed by atoms with Crippen LogP contribution in [-0.4, -0.2) is 141 Å². The molecular formula is C51H74O15. The van der Waals surface area contributed by atoms with Crippen molar-refractivity contribution in [2.75, 3.05) is 27.9 Å². The highest BCUT2D eigenvalue weighted by molar-refractivity contribution is 5.83. The van der Waals surface area contributed by atoms with E-state index in [1.807, 2.05) is 39.0 Å². The third kappa shape index (κ3) is 10.6. The van der Waals surface area contributed by atoms with Crippen LogP contribution in [0.15, 0.2) is 70.9 Å². The van der Waals surface area contributed by atoms with Gasteiger partial charge in [0.1, 0.15) is 35.9 Å². The summed E-state index contributed by atoms with van der Waals surface area (Å²) in [5.41, 5.74) is 0.771. The van der Waals surface area contributed by atoms with E-state index in [1.54, 1.807) is 33.3 Å². The molecule has 7 aliphatic rings. The summed E-state index contributed by atoms with van der Waals surface area (Å²) in [5.74, 6) is -3.11. The Morgan fingerprint density at radius 2 is 1.71 bits per heavy atom. The number of aliphatic hydroxyl groups is 2. The SMILES string of the molecule is CCC(C)C1OC2(C=CC1C)CC1CC(C/C=C(\C)C(OC3CC(OC)C(OC4CC(OC)/C(=C/C(=O)OC)C(C)O4)C(C)O3)C(C)/C=C/C=C3\COC4C(O)C(C)=CC(C(=O)O1)C34O)O2. The molecule has 2 bridgehead atoms. The second-order valence-electron chi connectivity index (χ2n) is 19.5. The van der Waals surface area contributed by atoms with Gasteiger partial charge < -0.3 is 62.3 Å². The number of fused-ring (bicyclic) bond motifs is 2. The first kappa shape index (κ1) is 50.8. The van der Waals surface area contributed by atoms with E-state index in [4.69, 9.17) is 52.1 Å². The Hall–Kier alpha value is -3.06. The smallest absolute Gasteiger partial charge is 0.330 e. The monoisotopic (exact) mass is 927 g/mol. The van der Waals surface area contributed by atoms with E-state index >= 15 is 0 Å². The van der Waals surface area contributed by atoms with E-state index in [0.717, 1.165) is 12.0 Å². The van der Waals surface area contributed by atoms with Crippen LogP contribution in [0.25, 0.3) is 0 Å². The lowest BCUT2D eigenvalue weighted by Gasteiger charge is -2.48. The number of carbonyl (C=O) groups excluding carboxylic acids is 2. The van der Waals surface area contributed by atoms with Crippen molar-refractivity contribution in [3.05, 3.63) is 70.9 Å². The summed E-state index contributed by atoms with van der Waals surface area (Å²) in [5, 5.41) is 23.8. The predicted molar refractivity (Wildman–Crippen MR) is 241 cm³/mol. The van der Waals surface area contributed by atoms with E-state index < -0.39 is 103 Å². The van der Waals surface area contributed by atoms with Crippen LogP contribution in [0, 0.1) is 23.7 Å². The molecule has 15 nitrogen and oxygen atoms in total. The zero-order valence-electron chi connectivity index (χ0n) is 40.6. The van der Waals surface area contributed by atoms with Gasteiger partial charge in [0, 0.05) is 57.8 Å². The second kappa shape index (κ2) is 21.3. The van der Waals surface area contributed by atoms with Gasteiger partial charge in [-0.1, -0.05) is 70.6 Å². The highest BCUT2D eigenvalue weighted by atomic mass is 16.7. The summed E-state index contributed by atoms with van der Waals surface area (Å²) in [6.07, 6.45) is 10.4. The summed E-state index contributed by atoms with van der Waals surface area (Å²) >= 11 is 0. The molecule has 6 aliphatic heterocycles. The Bertz CT molecular complexity index is 1920. The number of aliphatic hydroxyl groups excluding tert-OH is 1. The van der Waals surface area contributed by atoms with Gasteiger partial charge in [0.05, 0.1) is 56.4 Å². The molecule has 4 fully saturated rings. The first-order valence-corrected chi connectivity index (χ1v) is 23.9. The fourth-order valence-corrected chi connectivity index (χ4v) is 10.9. The standard InChI is InChI=1S/C51H74O15/c1-12-27(2)46-30(5)18-19-50(66-46)25-36-21-35(65-50)17-16-29(4)45(28(3)14-13-15-34-26-59-48-44(53)31(6)20-38(49(54)62-36)51(34,48)55)63-43-24-40(57-10)47(33(8)61-43)64-42-23-39(56-9)37(32(7)60-42)22-41(52)58-11/h13-16,18-20,22,27-28,30,32-33,35-36,38-40,42-48,53,55H,12,17,21,23-26H2,1-11H3/b14-13+,29-16+,34-15+,37-22+. The molecule has 1 spiro atoms. The van der Waals surface area contributed by atoms with Crippen molar-refractivity contribution in [2.45, 2.75) is 185 Å². The maximum Gasteiger partial charge on any atom is 0.330 e. The fourth-order valence-electron chi connectivity index (χ4n) is 10.9. The number of hydrogen-bond donors (Lipinski definition) is 2. The molecule has 0 amide bonds. The van der Waals surface area contributed by atoms with E-state index in [-0.39, 0.29) is 36.9 Å². The summed E-state index contributed by atoms with van der Waals surface area (Å²) in [6.45, 7) is 16.1. The number of esters is 2. The number of methoxy groups -OCH3 is 3. The molecule has 66 heavy (non-hydrogen) atoms. The van der Waals surface area contributed by atoms with Crippen molar-refractivity contribution in [1.82, 2.24) is 0 Å². The van der Waals surface area contributed by atoms with Gasteiger partial charge in [-0.2, -0.15) is 0 Å². The molecule has 0 saturated carbocycles. The Morgan fingerprint density at radius 1 is 0.955 bits per heavy atom. The normalized spacial score (nSPS) is 46.3. The van der Waals surface area contributed by atoms with Gasteiger partial charge >= 0.3 is 11.9 Å². The Morgan fingerprint density at radius 3 is 2.42 bits per heavy atom. The number of ether oxygens (including phenoxy) is 11. The minimum Gasteiger partial charge on any atom is -0.466 e. The van der Waals surface area contributed by atoms with Gasteiger partial charge in [-0.3, -0.25) is 4.79 Å². The first-order chi connectivity index (χ1) is 31.4. The minimum atomic E-state index is -1.85. The fraction of sp³-hybridized carbons (Fsp3) is 0.725. The maximum absolute atomic E-state index is 14.4. The predicted octanol–water partition coefficient (Wildman–Crippen LogP) is 6.12. The van der Waals surface area contributed by atoms with Crippen LogP contribution in [0.3, 0.4) is 0 Å². The number of carbonyl (C=O) groups is 2. The molecule has 0 aromatic rings. The summed E-state index contributed by atoms with van der Waals surface area (Å²) in [7, 11) is 4.56. The van der Waals surface area contributed by atoms with E-state index in [2.05, 4.69) is 39.8 Å². The van der Waals surface area contributed by atoms with Crippen molar-refractivity contribution in [3.63, 3.8) is 0 Å². The number of hydrogen-bond acceptors (Lipinski definition) is 15. The van der Waals surface area contributed by atoms with Gasteiger partial charge in [0.2, 0.25) is 0 Å². The van der Waals surface area contributed by atoms with Gasteiger partial charge in [0.25, 0.3) is 0 Å². The van der Waals surface area contributed by atoms with Crippen molar-refractivity contribution in [2.24, 2.45) is 23.7 Å². The van der Waals surface area contributed by atoms with Crippen LogP contribution in [0.1, 0.15) is 93.9 Å². The molecule has 15 heteroatoms. The molecule has 6 heterocycles. The lowest BCUT2D eigenvalue weighted by molar-refractivity contribution is -0.305. The van der Waals surface area contributed by atoms with Crippen LogP contribution in [0.5, 0.6) is 0 Å². The Labute approximate surface area is 390 Å². The molecule has 7 rings (SSSR count). The van der Waals surface area contributed by atoms with Crippen molar-refractivity contribution in [3.8, 4) is 0 Å². The van der Waals surface area contributed by atoms with Gasteiger partial charge in [0.15, 0.2) is 18.4 Å². The van der Waals surface area contributed by atoms with Crippen LogP contribution >= 0.6 is 0 Å². The molecule has 19 atom stereocenters. The maximum atomic E-state index is 14.4. The average Bonchev–Trinajstić information content (AvgIpc) is 3.63. The second-order valence-corrected chi connectivity index (χ2v) is 19.5. The average molecular weight is 927 g/mol. The summed E-state index contributed by atoms with van der Waals surface area (Å²) in [6, 6.07) is 0. The molecule has 1 aliphatic carbocycles. The van der Waals surface area contributed by atoms with Crippen molar-refractivity contribution >= 4 is 11.9 Å². The zero-order chi connectivity index (χ0) is 47.7. The zero-order valence-corrected chi connectivity index (χ0v) is 40.6. The highest BCUT2D eigenvalue weighted by Crippen LogP contribution is 2.47. The quantitative estimate of drug-likeness (QED) is 0.154. The number of allylic oxidation sites excluding steroid dienone is 2. The lowest BCUT2D eigenvalue weighted by atomic mass is 9.71. The Kier molecular flexibility index (Phi) is 16.4. The third-order valence-electron chi connectivity index (χ3n) is 14.9. The van der Waals surface area contributed by atoms with Gasteiger partial charge in [-0.05, 0) is 68.4 Å². The molecule has 2 N–H and O–H groups in total. The van der Waals surface area contributed by atoms with E-state index in [0.29, 0.717) is 42.4 Å². The van der Waals surface area contributed by atoms with Gasteiger partial charge in [-0.15, -0.1) is 0 Å². The molecule has 368 valence electrons. The first-order valence-electron chi connectivity index (χ1n) is 23.9. The Balaban J connectivity index is 1.16. The van der Waals surface area contributed by atoms with Crippen LogP contribution in [0.2, 0.25) is 0 Å². The van der Waals surface area contributed by atoms with Gasteiger partial charge in [-0.25, -0.2) is 4.79 Å². The molecule has 0 radical (unpaired) electrons. The molecular weight excluding hydrogens is 853 g/mol.